The monoisotopic (exact) mass is 363 g/mol. The lowest BCUT2D eigenvalue weighted by molar-refractivity contribution is -0.131. The molecule has 0 spiro atoms. The first-order valence-electron chi connectivity index (χ1n) is 7.97. The summed E-state index contributed by atoms with van der Waals surface area (Å²) in [7, 11) is -3.20. The van der Waals surface area contributed by atoms with Gasteiger partial charge in [0.1, 0.15) is 0 Å². The topological polar surface area (TPSA) is 54.5 Å². The maximum absolute atomic E-state index is 12.7. The number of carbonyl (C=O) groups excluding carboxylic acids is 1. The third kappa shape index (κ3) is 4.24. The normalized spacial score (nSPS) is 14.6. The van der Waals surface area contributed by atoms with E-state index < -0.39 is 9.84 Å². The highest BCUT2D eigenvalue weighted by atomic mass is 32.2. The Kier molecular flexibility index (Phi) is 4.78. The van der Waals surface area contributed by atoms with Gasteiger partial charge in [0.15, 0.2) is 9.84 Å². The Labute approximate surface area is 147 Å². The molecular formula is C18H21NO3S2. The number of thiophene rings is 1. The number of carbonyl (C=O) groups is 1. The highest BCUT2D eigenvalue weighted by molar-refractivity contribution is 7.90. The van der Waals surface area contributed by atoms with E-state index in [1.54, 1.807) is 35.6 Å². The summed E-state index contributed by atoms with van der Waals surface area (Å²) in [6, 6.07) is 11.1. The highest BCUT2D eigenvalue weighted by Crippen LogP contribution is 2.30. The number of hydrogen-bond acceptors (Lipinski definition) is 4. The standard InChI is InChI=1S/C18H21NO3S2/c1-13-3-8-16(23-13)12-19(15-6-7-15)18(20)11-14-4-9-17(10-5-14)24(2,21)22/h3-5,8-10,15H,6-7,11-12H2,1-2H3. The van der Waals surface area contributed by atoms with Crippen molar-refractivity contribution in [3.63, 3.8) is 0 Å². The van der Waals surface area contributed by atoms with Crippen molar-refractivity contribution in [1.82, 2.24) is 4.90 Å². The predicted molar refractivity (Wildman–Crippen MR) is 95.9 cm³/mol. The molecule has 1 aromatic carbocycles. The number of hydrogen-bond donors (Lipinski definition) is 0. The molecule has 1 fully saturated rings. The first-order valence-corrected chi connectivity index (χ1v) is 10.7. The van der Waals surface area contributed by atoms with E-state index in [1.165, 1.54) is 16.0 Å². The fraction of sp³-hybridized carbons (Fsp3) is 0.389. The van der Waals surface area contributed by atoms with E-state index in [0.717, 1.165) is 18.4 Å². The second-order valence-corrected chi connectivity index (χ2v) is 9.75. The smallest absolute Gasteiger partial charge is 0.227 e. The van der Waals surface area contributed by atoms with Crippen molar-refractivity contribution in [2.75, 3.05) is 6.26 Å². The van der Waals surface area contributed by atoms with Crippen molar-refractivity contribution < 1.29 is 13.2 Å². The third-order valence-electron chi connectivity index (χ3n) is 4.14. The quantitative estimate of drug-likeness (QED) is 0.792. The molecule has 4 nitrogen and oxygen atoms in total. The molecular weight excluding hydrogens is 342 g/mol. The molecule has 3 rings (SSSR count). The maximum Gasteiger partial charge on any atom is 0.227 e. The zero-order valence-corrected chi connectivity index (χ0v) is 15.5. The van der Waals surface area contributed by atoms with Crippen molar-refractivity contribution in [2.45, 2.75) is 43.7 Å². The first-order chi connectivity index (χ1) is 11.3. The zero-order chi connectivity index (χ0) is 17.3. The van der Waals surface area contributed by atoms with Gasteiger partial charge in [0.25, 0.3) is 0 Å². The second kappa shape index (κ2) is 6.69. The Bertz CT molecular complexity index is 833. The number of sulfone groups is 1. The molecule has 0 saturated heterocycles. The number of rotatable bonds is 6. The van der Waals surface area contributed by atoms with Gasteiger partial charge in [0, 0.05) is 22.1 Å². The van der Waals surface area contributed by atoms with E-state index in [4.69, 9.17) is 0 Å². The van der Waals surface area contributed by atoms with Crippen LogP contribution in [0.25, 0.3) is 0 Å². The molecule has 0 radical (unpaired) electrons. The van der Waals surface area contributed by atoms with Gasteiger partial charge in [-0.2, -0.15) is 0 Å². The molecule has 6 heteroatoms. The van der Waals surface area contributed by atoms with Gasteiger partial charge >= 0.3 is 0 Å². The molecule has 2 aromatic rings. The van der Waals surface area contributed by atoms with Crippen LogP contribution in [-0.4, -0.2) is 31.5 Å². The Balaban J connectivity index is 1.69. The zero-order valence-electron chi connectivity index (χ0n) is 13.9. The summed E-state index contributed by atoms with van der Waals surface area (Å²) in [5, 5.41) is 0. The van der Waals surface area contributed by atoms with E-state index in [9.17, 15) is 13.2 Å². The molecule has 0 atom stereocenters. The summed E-state index contributed by atoms with van der Waals surface area (Å²) >= 11 is 1.73. The number of benzene rings is 1. The molecule has 1 amide bonds. The SMILES string of the molecule is Cc1ccc(CN(C(=O)Cc2ccc(S(C)(=O)=O)cc2)C2CC2)s1. The molecule has 1 aliphatic rings. The molecule has 1 saturated carbocycles. The fourth-order valence-electron chi connectivity index (χ4n) is 2.68. The van der Waals surface area contributed by atoms with E-state index in [0.29, 0.717) is 19.0 Å². The summed E-state index contributed by atoms with van der Waals surface area (Å²) in [6.07, 6.45) is 3.64. The number of amides is 1. The third-order valence-corrected chi connectivity index (χ3v) is 6.25. The van der Waals surface area contributed by atoms with Crippen LogP contribution in [0.1, 0.15) is 28.2 Å². The Hall–Kier alpha value is -1.66. The molecule has 1 aromatic heterocycles. The molecule has 1 aliphatic carbocycles. The Morgan fingerprint density at radius 2 is 1.83 bits per heavy atom. The van der Waals surface area contributed by atoms with E-state index >= 15 is 0 Å². The molecule has 0 N–H and O–H groups in total. The van der Waals surface area contributed by atoms with E-state index in [-0.39, 0.29) is 10.8 Å². The molecule has 128 valence electrons. The highest BCUT2D eigenvalue weighted by Gasteiger charge is 2.32. The number of nitrogens with zero attached hydrogens (tertiary/aromatic N) is 1. The van der Waals surface area contributed by atoms with E-state index in [1.807, 2.05) is 4.90 Å². The van der Waals surface area contributed by atoms with Crippen LogP contribution in [-0.2, 0) is 27.6 Å². The summed E-state index contributed by atoms with van der Waals surface area (Å²) in [6.45, 7) is 2.74. The fourth-order valence-corrected chi connectivity index (χ4v) is 4.20. The average molecular weight is 364 g/mol. The lowest BCUT2D eigenvalue weighted by Crippen LogP contribution is -2.33. The second-order valence-electron chi connectivity index (χ2n) is 6.36. The van der Waals surface area contributed by atoms with Crippen LogP contribution in [0.5, 0.6) is 0 Å². The number of aryl methyl sites for hydroxylation is 1. The van der Waals surface area contributed by atoms with Crippen LogP contribution >= 0.6 is 11.3 Å². The first kappa shape index (κ1) is 17.2. The van der Waals surface area contributed by atoms with Gasteiger partial charge in [-0.3, -0.25) is 4.79 Å². The predicted octanol–water partition coefficient (Wildman–Crippen LogP) is 3.19. The summed E-state index contributed by atoms with van der Waals surface area (Å²) < 4.78 is 23.0. The van der Waals surface area contributed by atoms with Crippen LogP contribution in [0, 0.1) is 6.92 Å². The van der Waals surface area contributed by atoms with Crippen LogP contribution in [0.2, 0.25) is 0 Å². The lowest BCUT2D eigenvalue weighted by Gasteiger charge is -2.22. The van der Waals surface area contributed by atoms with E-state index in [2.05, 4.69) is 19.1 Å². The Morgan fingerprint density at radius 3 is 2.33 bits per heavy atom. The van der Waals surface area contributed by atoms with Gasteiger partial charge in [-0.05, 0) is 49.6 Å². The molecule has 1 heterocycles. The van der Waals surface area contributed by atoms with Crippen molar-refractivity contribution in [3.8, 4) is 0 Å². The van der Waals surface area contributed by atoms with Crippen LogP contribution in [0.3, 0.4) is 0 Å². The average Bonchev–Trinajstić information content (AvgIpc) is 3.27. The van der Waals surface area contributed by atoms with Crippen LogP contribution in [0.15, 0.2) is 41.3 Å². The molecule has 0 aliphatic heterocycles. The van der Waals surface area contributed by atoms with Gasteiger partial charge in [-0.25, -0.2) is 8.42 Å². The van der Waals surface area contributed by atoms with Gasteiger partial charge in [0.05, 0.1) is 17.9 Å². The van der Waals surface area contributed by atoms with Crippen molar-refractivity contribution in [1.29, 1.82) is 0 Å². The largest absolute Gasteiger partial charge is 0.334 e. The Morgan fingerprint density at radius 1 is 1.17 bits per heavy atom. The van der Waals surface area contributed by atoms with Gasteiger partial charge in [-0.15, -0.1) is 11.3 Å². The van der Waals surface area contributed by atoms with Gasteiger partial charge in [0.2, 0.25) is 5.91 Å². The van der Waals surface area contributed by atoms with Crippen molar-refractivity contribution in [2.24, 2.45) is 0 Å². The van der Waals surface area contributed by atoms with Crippen molar-refractivity contribution in [3.05, 3.63) is 51.7 Å². The van der Waals surface area contributed by atoms with Gasteiger partial charge in [-0.1, -0.05) is 12.1 Å². The summed E-state index contributed by atoms with van der Waals surface area (Å²) in [4.78, 5) is 17.4. The van der Waals surface area contributed by atoms with Crippen molar-refractivity contribution >= 4 is 27.1 Å². The summed E-state index contributed by atoms with van der Waals surface area (Å²) in [5.41, 5.74) is 0.848. The minimum Gasteiger partial charge on any atom is -0.334 e. The molecule has 0 bridgehead atoms. The lowest BCUT2D eigenvalue weighted by atomic mass is 10.1. The minimum absolute atomic E-state index is 0.107. The molecule has 24 heavy (non-hydrogen) atoms. The summed E-state index contributed by atoms with van der Waals surface area (Å²) in [5.74, 6) is 0.107. The van der Waals surface area contributed by atoms with Gasteiger partial charge < -0.3 is 4.90 Å². The minimum atomic E-state index is -3.20. The van der Waals surface area contributed by atoms with Crippen LogP contribution in [0.4, 0.5) is 0 Å². The van der Waals surface area contributed by atoms with Crippen LogP contribution < -0.4 is 0 Å². The maximum atomic E-state index is 12.7. The molecule has 0 unspecified atom stereocenters.